The highest BCUT2D eigenvalue weighted by molar-refractivity contribution is 6.00. The first-order valence-electron chi connectivity index (χ1n) is 9.46. The van der Waals surface area contributed by atoms with E-state index in [4.69, 9.17) is 9.47 Å². The Balaban J connectivity index is 1.35. The van der Waals surface area contributed by atoms with E-state index in [0.29, 0.717) is 17.2 Å². The van der Waals surface area contributed by atoms with Crippen molar-refractivity contribution >= 4 is 17.5 Å². The zero-order chi connectivity index (χ0) is 21.3. The number of hydrogen-bond acceptors (Lipinski definition) is 4. The van der Waals surface area contributed by atoms with Crippen LogP contribution in [0.25, 0.3) is 0 Å². The molecule has 4 rings (SSSR count). The van der Waals surface area contributed by atoms with Crippen LogP contribution >= 0.6 is 0 Å². The molecule has 0 bridgehead atoms. The van der Waals surface area contributed by atoms with Crippen molar-refractivity contribution in [3.05, 3.63) is 53.6 Å². The fourth-order valence-corrected chi connectivity index (χ4v) is 3.67. The van der Waals surface area contributed by atoms with Gasteiger partial charge in [-0.2, -0.15) is 13.2 Å². The second-order valence-electron chi connectivity index (χ2n) is 7.14. The summed E-state index contributed by atoms with van der Waals surface area (Å²) in [4.78, 5) is 26.4. The highest BCUT2D eigenvalue weighted by Crippen LogP contribution is 2.37. The molecule has 6 nitrogen and oxygen atoms in total. The van der Waals surface area contributed by atoms with Crippen molar-refractivity contribution in [2.75, 3.05) is 24.8 Å². The maximum atomic E-state index is 13.1. The molecule has 2 heterocycles. The lowest BCUT2D eigenvalue weighted by molar-refractivity contribution is -0.138. The number of ether oxygens (including phenoxy) is 2. The molecule has 0 aliphatic carbocycles. The monoisotopic (exact) mass is 420 g/mol. The largest absolute Gasteiger partial charge is 0.454 e. The van der Waals surface area contributed by atoms with Crippen LogP contribution in [0.2, 0.25) is 0 Å². The molecule has 158 valence electrons. The molecule has 9 heteroatoms. The van der Waals surface area contributed by atoms with Crippen molar-refractivity contribution in [3.8, 4) is 11.5 Å². The van der Waals surface area contributed by atoms with E-state index in [9.17, 15) is 22.8 Å². The third kappa shape index (κ3) is 4.05. The SMILES string of the molecule is O=C(NCCc1ccccc1C(F)(F)F)C1CC(=O)N(c2ccc3c(c2)OCO3)C1. The van der Waals surface area contributed by atoms with Gasteiger partial charge < -0.3 is 19.7 Å². The maximum Gasteiger partial charge on any atom is 0.416 e. The first-order valence-corrected chi connectivity index (χ1v) is 9.46. The van der Waals surface area contributed by atoms with E-state index in [0.717, 1.165) is 6.07 Å². The zero-order valence-electron chi connectivity index (χ0n) is 15.9. The lowest BCUT2D eigenvalue weighted by Gasteiger charge is -2.17. The fraction of sp³-hybridized carbons (Fsp3) is 0.333. The van der Waals surface area contributed by atoms with Crippen molar-refractivity contribution in [2.45, 2.75) is 19.0 Å². The summed E-state index contributed by atoms with van der Waals surface area (Å²) in [5.74, 6) is 0.0173. The number of carbonyl (C=O) groups is 2. The first-order chi connectivity index (χ1) is 14.3. The number of amides is 2. The van der Waals surface area contributed by atoms with E-state index < -0.39 is 17.7 Å². The average Bonchev–Trinajstić information content (AvgIpc) is 3.33. The lowest BCUT2D eigenvalue weighted by atomic mass is 10.0. The predicted molar refractivity (Wildman–Crippen MR) is 101 cm³/mol. The molecule has 2 amide bonds. The Morgan fingerprint density at radius 3 is 2.70 bits per heavy atom. The van der Waals surface area contributed by atoms with E-state index in [1.54, 1.807) is 18.2 Å². The molecule has 2 aromatic carbocycles. The molecule has 2 aromatic rings. The van der Waals surface area contributed by atoms with Gasteiger partial charge in [0.1, 0.15) is 0 Å². The number of benzene rings is 2. The third-order valence-electron chi connectivity index (χ3n) is 5.18. The third-order valence-corrected chi connectivity index (χ3v) is 5.18. The topological polar surface area (TPSA) is 67.9 Å². The van der Waals surface area contributed by atoms with Gasteiger partial charge in [-0.3, -0.25) is 9.59 Å². The van der Waals surface area contributed by atoms with Crippen LogP contribution in [0.5, 0.6) is 11.5 Å². The summed E-state index contributed by atoms with van der Waals surface area (Å²) < 4.78 is 49.8. The average molecular weight is 420 g/mol. The van der Waals surface area contributed by atoms with Crippen LogP contribution in [-0.4, -0.2) is 31.7 Å². The van der Waals surface area contributed by atoms with Gasteiger partial charge in [-0.05, 0) is 30.2 Å². The molecule has 1 atom stereocenters. The number of fused-ring (bicyclic) bond motifs is 1. The van der Waals surface area contributed by atoms with Crippen LogP contribution in [0.15, 0.2) is 42.5 Å². The molecule has 1 N–H and O–H groups in total. The van der Waals surface area contributed by atoms with E-state index >= 15 is 0 Å². The minimum Gasteiger partial charge on any atom is -0.454 e. The number of anilines is 1. The molecule has 1 saturated heterocycles. The predicted octanol–water partition coefficient (Wildman–Crippen LogP) is 3.15. The number of carbonyl (C=O) groups excluding carboxylic acids is 2. The number of hydrogen-bond donors (Lipinski definition) is 1. The summed E-state index contributed by atoms with van der Waals surface area (Å²) in [6, 6.07) is 10.4. The van der Waals surface area contributed by atoms with E-state index in [2.05, 4.69) is 5.32 Å². The fourth-order valence-electron chi connectivity index (χ4n) is 3.67. The highest BCUT2D eigenvalue weighted by Gasteiger charge is 2.36. The molecule has 30 heavy (non-hydrogen) atoms. The van der Waals surface area contributed by atoms with Crippen molar-refractivity contribution < 1.29 is 32.2 Å². The molecule has 2 aliphatic heterocycles. The van der Waals surface area contributed by atoms with Gasteiger partial charge in [0, 0.05) is 31.3 Å². The Morgan fingerprint density at radius 1 is 1.13 bits per heavy atom. The van der Waals surface area contributed by atoms with Crippen molar-refractivity contribution in [3.63, 3.8) is 0 Å². The lowest BCUT2D eigenvalue weighted by Crippen LogP contribution is -2.34. The van der Waals surface area contributed by atoms with Crippen molar-refractivity contribution in [2.24, 2.45) is 5.92 Å². The highest BCUT2D eigenvalue weighted by atomic mass is 19.4. The van der Waals surface area contributed by atoms with Crippen LogP contribution < -0.4 is 19.7 Å². The molecular formula is C21H19F3N2O4. The van der Waals surface area contributed by atoms with Gasteiger partial charge in [0.15, 0.2) is 11.5 Å². The smallest absolute Gasteiger partial charge is 0.416 e. The summed E-state index contributed by atoms with van der Waals surface area (Å²) >= 11 is 0. The Labute approximate surface area is 170 Å². The van der Waals surface area contributed by atoms with E-state index in [1.807, 2.05) is 0 Å². The number of halogens is 3. The van der Waals surface area contributed by atoms with Crippen molar-refractivity contribution in [1.82, 2.24) is 5.32 Å². The normalized spacial score (nSPS) is 18.0. The van der Waals surface area contributed by atoms with E-state index in [-0.39, 0.29) is 50.1 Å². The summed E-state index contributed by atoms with van der Waals surface area (Å²) in [5.41, 5.74) is 0.0257. The van der Waals surface area contributed by atoms with Gasteiger partial charge in [-0.1, -0.05) is 18.2 Å². The molecule has 1 fully saturated rings. The van der Waals surface area contributed by atoms with Gasteiger partial charge in [0.2, 0.25) is 18.6 Å². The second-order valence-corrected chi connectivity index (χ2v) is 7.14. The van der Waals surface area contributed by atoms with Crippen LogP contribution in [0.1, 0.15) is 17.5 Å². The van der Waals surface area contributed by atoms with Crippen LogP contribution in [0.3, 0.4) is 0 Å². The van der Waals surface area contributed by atoms with Crippen LogP contribution in [0, 0.1) is 5.92 Å². The summed E-state index contributed by atoms with van der Waals surface area (Å²) in [5, 5.41) is 2.66. The van der Waals surface area contributed by atoms with Gasteiger partial charge >= 0.3 is 6.18 Å². The standard InChI is InChI=1S/C21H19F3N2O4/c22-21(23,24)16-4-2-1-3-13(16)7-8-25-20(28)14-9-19(27)26(11-14)15-5-6-17-18(10-15)30-12-29-17/h1-6,10,14H,7-9,11-12H2,(H,25,28). The molecular weight excluding hydrogens is 401 g/mol. The van der Waals surface area contributed by atoms with Gasteiger partial charge in [-0.25, -0.2) is 0 Å². The van der Waals surface area contributed by atoms with Crippen molar-refractivity contribution in [1.29, 1.82) is 0 Å². The van der Waals surface area contributed by atoms with Gasteiger partial charge in [-0.15, -0.1) is 0 Å². The summed E-state index contributed by atoms with van der Waals surface area (Å²) in [6.07, 6.45) is -4.35. The quantitative estimate of drug-likeness (QED) is 0.807. The minimum atomic E-state index is -4.44. The molecule has 2 aliphatic rings. The Kier molecular flexibility index (Phi) is 5.27. The molecule has 0 radical (unpaired) electrons. The summed E-state index contributed by atoms with van der Waals surface area (Å²) in [7, 11) is 0. The maximum absolute atomic E-state index is 13.1. The molecule has 0 spiro atoms. The first kappa shape index (κ1) is 20.1. The molecule has 1 unspecified atom stereocenters. The van der Waals surface area contributed by atoms with Gasteiger partial charge in [0.05, 0.1) is 11.5 Å². The Bertz CT molecular complexity index is 977. The number of nitrogens with one attached hydrogen (secondary N) is 1. The summed E-state index contributed by atoms with van der Waals surface area (Å²) in [6.45, 7) is 0.374. The molecule has 0 aromatic heterocycles. The Morgan fingerprint density at radius 2 is 1.90 bits per heavy atom. The minimum absolute atomic E-state index is 0.0411. The second kappa shape index (κ2) is 7.89. The van der Waals surface area contributed by atoms with Crippen LogP contribution in [0.4, 0.5) is 18.9 Å². The number of alkyl halides is 3. The number of nitrogens with zero attached hydrogens (tertiary/aromatic N) is 1. The van der Waals surface area contributed by atoms with E-state index in [1.165, 1.54) is 23.1 Å². The number of rotatable bonds is 5. The van der Waals surface area contributed by atoms with Gasteiger partial charge in [0.25, 0.3) is 0 Å². The molecule has 0 saturated carbocycles. The van der Waals surface area contributed by atoms with Crippen LogP contribution in [-0.2, 0) is 22.2 Å². The Hall–Kier alpha value is -3.23. The zero-order valence-corrected chi connectivity index (χ0v) is 15.9.